The third-order valence-corrected chi connectivity index (χ3v) is 4.02. The van der Waals surface area contributed by atoms with Gasteiger partial charge in [0.15, 0.2) is 0 Å². The molecule has 2 aromatic carbocycles. The van der Waals surface area contributed by atoms with Crippen molar-refractivity contribution in [2.75, 3.05) is 17.7 Å². The number of aryl methyl sites for hydroxylation is 2. The topological polar surface area (TPSA) is 63.2 Å². The van der Waals surface area contributed by atoms with Gasteiger partial charge in [0.25, 0.3) is 5.91 Å². The number of methoxy groups -OCH3 is 1. The van der Waals surface area contributed by atoms with Gasteiger partial charge in [0.05, 0.1) is 30.2 Å². The summed E-state index contributed by atoms with van der Waals surface area (Å²) in [5.74, 6) is 0.519. The molecule has 26 heavy (non-hydrogen) atoms. The van der Waals surface area contributed by atoms with E-state index in [9.17, 15) is 4.79 Å². The first-order valence-electron chi connectivity index (χ1n) is 8.30. The molecule has 0 atom stereocenters. The molecule has 0 aliphatic rings. The van der Waals surface area contributed by atoms with E-state index in [-0.39, 0.29) is 5.91 Å². The second-order valence-corrected chi connectivity index (χ2v) is 6.06. The number of nitrogens with one attached hydrogen (secondary N) is 2. The van der Waals surface area contributed by atoms with Crippen molar-refractivity contribution in [1.29, 1.82) is 0 Å². The van der Waals surface area contributed by atoms with Crippen LogP contribution in [0.25, 0.3) is 0 Å². The van der Waals surface area contributed by atoms with Gasteiger partial charge in [0.1, 0.15) is 5.75 Å². The number of anilines is 3. The minimum atomic E-state index is -0.201. The lowest BCUT2D eigenvalue weighted by Crippen LogP contribution is -2.13. The summed E-state index contributed by atoms with van der Waals surface area (Å²) in [5, 5.41) is 6.17. The van der Waals surface area contributed by atoms with Crippen LogP contribution in [-0.4, -0.2) is 18.0 Å². The second kappa shape index (κ2) is 7.70. The van der Waals surface area contributed by atoms with Crippen molar-refractivity contribution >= 4 is 23.0 Å². The maximum atomic E-state index is 12.6. The first-order valence-corrected chi connectivity index (χ1v) is 8.30. The van der Waals surface area contributed by atoms with E-state index in [1.165, 1.54) is 0 Å². The van der Waals surface area contributed by atoms with Gasteiger partial charge in [-0.05, 0) is 43.7 Å². The zero-order chi connectivity index (χ0) is 18.5. The molecule has 5 heteroatoms. The molecule has 0 aliphatic heterocycles. The molecule has 0 radical (unpaired) electrons. The Morgan fingerprint density at radius 2 is 1.81 bits per heavy atom. The van der Waals surface area contributed by atoms with Gasteiger partial charge in [0, 0.05) is 11.9 Å². The maximum Gasteiger partial charge on any atom is 0.257 e. The Morgan fingerprint density at radius 3 is 2.58 bits per heavy atom. The predicted octanol–water partition coefficient (Wildman–Crippen LogP) is 4.70. The molecule has 0 saturated carbocycles. The normalized spacial score (nSPS) is 10.3. The van der Waals surface area contributed by atoms with Crippen LogP contribution < -0.4 is 15.4 Å². The van der Waals surface area contributed by atoms with Crippen molar-refractivity contribution in [3.05, 3.63) is 77.6 Å². The molecule has 1 amide bonds. The van der Waals surface area contributed by atoms with Crippen LogP contribution in [0, 0.1) is 13.8 Å². The number of ether oxygens (including phenoxy) is 1. The van der Waals surface area contributed by atoms with E-state index < -0.39 is 0 Å². The Labute approximate surface area is 153 Å². The van der Waals surface area contributed by atoms with Crippen molar-refractivity contribution in [2.24, 2.45) is 0 Å². The summed E-state index contributed by atoms with van der Waals surface area (Å²) in [4.78, 5) is 16.7. The molecule has 0 bridgehead atoms. The smallest absolute Gasteiger partial charge is 0.257 e. The molecule has 0 spiro atoms. The quantitative estimate of drug-likeness (QED) is 0.702. The van der Waals surface area contributed by atoms with Crippen LogP contribution in [-0.2, 0) is 0 Å². The lowest BCUT2D eigenvalue weighted by Gasteiger charge is -2.12. The Morgan fingerprint density at radius 1 is 1.00 bits per heavy atom. The van der Waals surface area contributed by atoms with Gasteiger partial charge in [-0.3, -0.25) is 9.78 Å². The molecule has 3 rings (SSSR count). The Hall–Kier alpha value is -3.34. The molecule has 1 aromatic heterocycles. The van der Waals surface area contributed by atoms with Gasteiger partial charge in [-0.15, -0.1) is 0 Å². The van der Waals surface area contributed by atoms with Gasteiger partial charge >= 0.3 is 0 Å². The highest BCUT2D eigenvalue weighted by molar-refractivity contribution is 6.05. The van der Waals surface area contributed by atoms with Crippen LogP contribution in [0.2, 0.25) is 0 Å². The number of para-hydroxylation sites is 2. The number of hydrogen-bond donors (Lipinski definition) is 2. The van der Waals surface area contributed by atoms with Crippen LogP contribution in [0.4, 0.5) is 17.1 Å². The fourth-order valence-corrected chi connectivity index (χ4v) is 2.68. The van der Waals surface area contributed by atoms with Crippen molar-refractivity contribution < 1.29 is 9.53 Å². The molecule has 1 heterocycles. The Kier molecular flexibility index (Phi) is 5.17. The number of benzene rings is 2. The standard InChI is InChI=1S/C21H21N3O2/c1-14-8-9-18(15(2)10-14)24-21(25)16-11-17(13-22-12-16)23-19-6-4-5-7-20(19)26-3/h4-13,23H,1-3H3,(H,24,25). The fourth-order valence-electron chi connectivity index (χ4n) is 2.68. The number of nitrogens with zero attached hydrogens (tertiary/aromatic N) is 1. The van der Waals surface area contributed by atoms with Crippen LogP contribution in [0.1, 0.15) is 21.5 Å². The number of carbonyl (C=O) groups excluding carboxylic acids is 1. The minimum absolute atomic E-state index is 0.201. The summed E-state index contributed by atoms with van der Waals surface area (Å²) in [6.45, 7) is 4.00. The monoisotopic (exact) mass is 347 g/mol. The SMILES string of the molecule is COc1ccccc1Nc1cncc(C(=O)Nc2ccc(C)cc2C)c1. The third-order valence-electron chi connectivity index (χ3n) is 4.02. The minimum Gasteiger partial charge on any atom is -0.495 e. The van der Waals surface area contributed by atoms with Gasteiger partial charge in [-0.1, -0.05) is 29.8 Å². The summed E-state index contributed by atoms with van der Waals surface area (Å²) in [6, 6.07) is 15.3. The molecular weight excluding hydrogens is 326 g/mol. The van der Waals surface area contributed by atoms with E-state index in [0.717, 1.165) is 28.3 Å². The Balaban J connectivity index is 1.79. The van der Waals surface area contributed by atoms with E-state index in [4.69, 9.17) is 4.74 Å². The number of carbonyl (C=O) groups is 1. The average Bonchev–Trinajstić information content (AvgIpc) is 2.64. The fraction of sp³-hybridized carbons (Fsp3) is 0.143. The second-order valence-electron chi connectivity index (χ2n) is 6.06. The van der Waals surface area contributed by atoms with E-state index in [2.05, 4.69) is 15.6 Å². The molecule has 5 nitrogen and oxygen atoms in total. The van der Waals surface area contributed by atoms with Crippen LogP contribution in [0.5, 0.6) is 5.75 Å². The number of aromatic nitrogens is 1. The number of amides is 1. The summed E-state index contributed by atoms with van der Waals surface area (Å²) >= 11 is 0. The predicted molar refractivity (Wildman–Crippen MR) is 104 cm³/mol. The van der Waals surface area contributed by atoms with Crippen molar-refractivity contribution in [3.63, 3.8) is 0 Å². The van der Waals surface area contributed by atoms with E-state index in [1.807, 2.05) is 56.3 Å². The van der Waals surface area contributed by atoms with Crippen LogP contribution in [0.15, 0.2) is 60.9 Å². The van der Waals surface area contributed by atoms with Crippen molar-refractivity contribution in [3.8, 4) is 5.75 Å². The zero-order valence-corrected chi connectivity index (χ0v) is 15.0. The van der Waals surface area contributed by atoms with Crippen LogP contribution in [0.3, 0.4) is 0 Å². The molecule has 3 aromatic rings. The van der Waals surface area contributed by atoms with E-state index in [1.54, 1.807) is 25.6 Å². The molecular formula is C21H21N3O2. The highest BCUT2D eigenvalue weighted by atomic mass is 16.5. The summed E-state index contributed by atoms with van der Waals surface area (Å²) in [7, 11) is 1.62. The van der Waals surface area contributed by atoms with E-state index >= 15 is 0 Å². The molecule has 132 valence electrons. The summed E-state index contributed by atoms with van der Waals surface area (Å²) in [5.41, 5.74) is 4.97. The van der Waals surface area contributed by atoms with E-state index in [0.29, 0.717) is 11.3 Å². The van der Waals surface area contributed by atoms with Gasteiger partial charge in [-0.25, -0.2) is 0 Å². The molecule has 0 unspecified atom stereocenters. The maximum absolute atomic E-state index is 12.6. The first kappa shape index (κ1) is 17.5. The molecule has 0 aliphatic carbocycles. The molecule has 0 saturated heterocycles. The van der Waals surface area contributed by atoms with Gasteiger partial charge < -0.3 is 15.4 Å². The third kappa shape index (κ3) is 4.00. The highest BCUT2D eigenvalue weighted by Gasteiger charge is 2.10. The lowest BCUT2D eigenvalue weighted by atomic mass is 10.1. The summed E-state index contributed by atoms with van der Waals surface area (Å²) in [6.07, 6.45) is 3.21. The van der Waals surface area contributed by atoms with Crippen LogP contribution >= 0.6 is 0 Å². The summed E-state index contributed by atoms with van der Waals surface area (Å²) < 4.78 is 5.33. The van der Waals surface area contributed by atoms with Gasteiger partial charge in [0.2, 0.25) is 0 Å². The van der Waals surface area contributed by atoms with Crippen molar-refractivity contribution in [1.82, 2.24) is 4.98 Å². The lowest BCUT2D eigenvalue weighted by molar-refractivity contribution is 0.102. The molecule has 0 fully saturated rings. The first-order chi connectivity index (χ1) is 12.6. The largest absolute Gasteiger partial charge is 0.495 e. The van der Waals surface area contributed by atoms with Crippen molar-refractivity contribution in [2.45, 2.75) is 13.8 Å². The number of rotatable bonds is 5. The zero-order valence-electron chi connectivity index (χ0n) is 15.0. The number of pyridine rings is 1. The Bertz CT molecular complexity index is 938. The average molecular weight is 347 g/mol. The highest BCUT2D eigenvalue weighted by Crippen LogP contribution is 2.27. The molecule has 2 N–H and O–H groups in total. The number of hydrogen-bond acceptors (Lipinski definition) is 4. The van der Waals surface area contributed by atoms with Gasteiger partial charge in [-0.2, -0.15) is 0 Å².